The molecule has 0 spiro atoms. The van der Waals surface area contributed by atoms with E-state index in [0.29, 0.717) is 0 Å². The molecule has 0 aliphatic heterocycles. The van der Waals surface area contributed by atoms with E-state index in [2.05, 4.69) is 20.7 Å². The lowest BCUT2D eigenvalue weighted by Crippen LogP contribution is -2.14. The van der Waals surface area contributed by atoms with Crippen LogP contribution in [-0.2, 0) is 10.0 Å². The van der Waals surface area contributed by atoms with E-state index in [0.717, 1.165) is 10.5 Å². The van der Waals surface area contributed by atoms with Crippen LogP contribution in [0.3, 0.4) is 0 Å². The summed E-state index contributed by atoms with van der Waals surface area (Å²) in [5.41, 5.74) is -0.520. The molecule has 0 bridgehead atoms. The number of rotatable bonds is 5. The fourth-order valence-electron chi connectivity index (χ4n) is 1.69. The van der Waals surface area contributed by atoms with Crippen molar-refractivity contribution in [3.8, 4) is 5.75 Å². The van der Waals surface area contributed by atoms with Crippen molar-refractivity contribution in [3.05, 3.63) is 57.1 Å². The Bertz CT molecular complexity index is 806. The topological polar surface area (TPSA) is 98.5 Å². The van der Waals surface area contributed by atoms with Gasteiger partial charge in [-0.1, -0.05) is 15.9 Å². The van der Waals surface area contributed by atoms with Crippen molar-refractivity contribution in [1.29, 1.82) is 0 Å². The summed E-state index contributed by atoms with van der Waals surface area (Å²) in [5.74, 6) is 0.262. The predicted molar refractivity (Wildman–Crippen MR) is 84.6 cm³/mol. The van der Waals surface area contributed by atoms with Crippen LogP contribution in [0.15, 0.2) is 51.8 Å². The summed E-state index contributed by atoms with van der Waals surface area (Å²) < 4.78 is 32.4. The van der Waals surface area contributed by atoms with Crippen LogP contribution in [0, 0.1) is 10.1 Å². The normalized spacial score (nSPS) is 11.0. The zero-order chi connectivity index (χ0) is 16.3. The van der Waals surface area contributed by atoms with Crippen molar-refractivity contribution >= 4 is 37.3 Å². The Hall–Kier alpha value is -2.13. The average molecular weight is 387 g/mol. The minimum Gasteiger partial charge on any atom is -0.496 e. The molecule has 0 fully saturated rings. The maximum absolute atomic E-state index is 12.3. The maximum Gasteiger partial charge on any atom is 0.297 e. The summed E-state index contributed by atoms with van der Waals surface area (Å²) >= 11 is 3.21. The first-order chi connectivity index (χ1) is 10.3. The van der Waals surface area contributed by atoms with Crippen LogP contribution in [0.4, 0.5) is 11.4 Å². The third-order valence-electron chi connectivity index (χ3n) is 2.77. The minimum absolute atomic E-state index is 0.000756. The van der Waals surface area contributed by atoms with Gasteiger partial charge in [-0.25, -0.2) is 8.42 Å². The summed E-state index contributed by atoms with van der Waals surface area (Å²) in [4.78, 5) is 10.4. The lowest BCUT2D eigenvalue weighted by atomic mass is 10.2. The van der Waals surface area contributed by atoms with E-state index >= 15 is 0 Å². The van der Waals surface area contributed by atoms with Crippen LogP contribution in [-0.4, -0.2) is 20.5 Å². The number of benzene rings is 2. The molecule has 22 heavy (non-hydrogen) atoms. The van der Waals surface area contributed by atoms with Gasteiger partial charge in [-0.3, -0.25) is 14.8 Å². The molecular weight excluding hydrogens is 376 g/mol. The smallest absolute Gasteiger partial charge is 0.297 e. The molecule has 0 heterocycles. The van der Waals surface area contributed by atoms with E-state index < -0.39 is 14.9 Å². The fourth-order valence-corrected chi connectivity index (χ4v) is 3.03. The molecule has 0 saturated carbocycles. The maximum atomic E-state index is 12.3. The number of nitro groups is 1. The van der Waals surface area contributed by atoms with E-state index in [1.807, 2.05) is 0 Å². The van der Waals surface area contributed by atoms with Crippen molar-refractivity contribution < 1.29 is 18.1 Å². The summed E-state index contributed by atoms with van der Waals surface area (Å²) in [6.45, 7) is 0. The molecule has 0 saturated heterocycles. The van der Waals surface area contributed by atoms with Gasteiger partial charge >= 0.3 is 0 Å². The van der Waals surface area contributed by atoms with E-state index in [4.69, 9.17) is 4.74 Å². The number of anilines is 1. The first kappa shape index (κ1) is 16.2. The van der Waals surface area contributed by atoms with Crippen molar-refractivity contribution in [3.63, 3.8) is 0 Å². The molecule has 0 aromatic heterocycles. The Morgan fingerprint density at radius 2 is 1.82 bits per heavy atom. The lowest BCUT2D eigenvalue weighted by molar-refractivity contribution is -0.384. The number of ether oxygens (including phenoxy) is 1. The van der Waals surface area contributed by atoms with Gasteiger partial charge in [0.25, 0.3) is 15.7 Å². The van der Waals surface area contributed by atoms with Crippen molar-refractivity contribution in [2.75, 3.05) is 11.8 Å². The summed E-state index contributed by atoms with van der Waals surface area (Å²) in [5, 5.41) is 11.1. The number of sulfonamides is 1. The highest BCUT2D eigenvalue weighted by atomic mass is 79.9. The quantitative estimate of drug-likeness (QED) is 0.628. The van der Waals surface area contributed by atoms with Crippen LogP contribution >= 0.6 is 15.9 Å². The standard InChI is InChI=1S/C13H11BrN2O5S/c1-21-10-4-7-12(13(8-10)16(17)18)15-22(19,20)11-5-2-9(14)3-6-11/h2-8,15H,1H3. The van der Waals surface area contributed by atoms with Gasteiger partial charge in [0.05, 0.1) is 23.0 Å². The number of methoxy groups -OCH3 is 1. The molecular formula is C13H11BrN2O5S. The molecule has 0 aliphatic carbocycles. The Labute approximate surface area is 135 Å². The highest BCUT2D eigenvalue weighted by molar-refractivity contribution is 9.10. The highest BCUT2D eigenvalue weighted by Crippen LogP contribution is 2.30. The second kappa shape index (κ2) is 6.32. The van der Waals surface area contributed by atoms with Crippen molar-refractivity contribution in [2.24, 2.45) is 0 Å². The zero-order valence-electron chi connectivity index (χ0n) is 11.3. The molecule has 2 aromatic rings. The Morgan fingerprint density at radius 3 is 2.36 bits per heavy atom. The van der Waals surface area contributed by atoms with Crippen LogP contribution < -0.4 is 9.46 Å². The number of nitrogens with zero attached hydrogens (tertiary/aromatic N) is 1. The Kier molecular flexibility index (Phi) is 4.67. The van der Waals surface area contributed by atoms with E-state index in [1.54, 1.807) is 12.1 Å². The molecule has 116 valence electrons. The summed E-state index contributed by atoms with van der Waals surface area (Å²) in [6, 6.07) is 9.79. The largest absolute Gasteiger partial charge is 0.496 e. The monoisotopic (exact) mass is 386 g/mol. The first-order valence-corrected chi connectivity index (χ1v) is 8.22. The molecule has 0 aliphatic rings. The molecule has 7 nitrogen and oxygen atoms in total. The summed E-state index contributed by atoms with van der Waals surface area (Å²) in [7, 11) is -2.56. The van der Waals surface area contributed by atoms with E-state index in [1.165, 1.54) is 31.4 Å². The Balaban J connectivity index is 2.41. The van der Waals surface area contributed by atoms with Crippen molar-refractivity contribution in [2.45, 2.75) is 4.90 Å². The number of hydrogen-bond donors (Lipinski definition) is 1. The van der Waals surface area contributed by atoms with Crippen LogP contribution in [0.2, 0.25) is 0 Å². The molecule has 0 amide bonds. The second-order valence-electron chi connectivity index (χ2n) is 4.20. The second-order valence-corrected chi connectivity index (χ2v) is 6.80. The SMILES string of the molecule is COc1ccc(NS(=O)(=O)c2ccc(Br)cc2)c([N+](=O)[O-])c1. The first-order valence-electron chi connectivity index (χ1n) is 5.94. The fraction of sp³-hybridized carbons (Fsp3) is 0.0769. The average Bonchev–Trinajstić information content (AvgIpc) is 2.47. The molecule has 2 rings (SSSR count). The lowest BCUT2D eigenvalue weighted by Gasteiger charge is -2.09. The van der Waals surface area contributed by atoms with Crippen molar-refractivity contribution in [1.82, 2.24) is 0 Å². The Morgan fingerprint density at radius 1 is 1.18 bits per heavy atom. The molecule has 1 N–H and O–H groups in total. The van der Waals surface area contributed by atoms with Crippen LogP contribution in [0.1, 0.15) is 0 Å². The number of nitrogens with one attached hydrogen (secondary N) is 1. The van der Waals surface area contributed by atoms with Gasteiger partial charge in [-0.15, -0.1) is 0 Å². The van der Waals surface area contributed by atoms with Gasteiger partial charge in [-0.05, 0) is 36.4 Å². The molecule has 0 atom stereocenters. The van der Waals surface area contributed by atoms with Crippen LogP contribution in [0.25, 0.3) is 0 Å². The number of hydrogen-bond acceptors (Lipinski definition) is 5. The third-order valence-corrected chi connectivity index (χ3v) is 4.68. The number of halogens is 1. The zero-order valence-corrected chi connectivity index (χ0v) is 13.7. The molecule has 9 heteroatoms. The van der Waals surface area contributed by atoms with E-state index in [-0.39, 0.29) is 22.0 Å². The minimum atomic E-state index is -3.92. The van der Waals surface area contributed by atoms with Gasteiger partial charge in [0, 0.05) is 4.47 Å². The van der Waals surface area contributed by atoms with E-state index in [9.17, 15) is 18.5 Å². The summed E-state index contributed by atoms with van der Waals surface area (Å²) in [6.07, 6.45) is 0. The molecule has 2 aromatic carbocycles. The molecule has 0 radical (unpaired) electrons. The number of nitro benzene ring substituents is 1. The molecule has 0 unspecified atom stereocenters. The highest BCUT2D eigenvalue weighted by Gasteiger charge is 2.21. The van der Waals surface area contributed by atoms with Gasteiger partial charge in [0.1, 0.15) is 11.4 Å². The van der Waals surface area contributed by atoms with Gasteiger partial charge in [-0.2, -0.15) is 0 Å². The predicted octanol–water partition coefficient (Wildman–Crippen LogP) is 3.17. The van der Waals surface area contributed by atoms with Gasteiger partial charge in [0.2, 0.25) is 0 Å². The van der Waals surface area contributed by atoms with Crippen LogP contribution in [0.5, 0.6) is 5.75 Å². The van der Waals surface area contributed by atoms with Gasteiger partial charge in [0.15, 0.2) is 0 Å². The third kappa shape index (κ3) is 3.55. The van der Waals surface area contributed by atoms with Gasteiger partial charge < -0.3 is 4.74 Å².